The van der Waals surface area contributed by atoms with Gasteiger partial charge in [0.05, 0.1) is 5.56 Å². The molecule has 1 aromatic heterocycles. The van der Waals surface area contributed by atoms with Gasteiger partial charge in [0.15, 0.2) is 11.5 Å². The Balaban J connectivity index is 1.85. The number of ketones is 1. The van der Waals surface area contributed by atoms with Crippen molar-refractivity contribution in [3.63, 3.8) is 0 Å². The summed E-state index contributed by atoms with van der Waals surface area (Å²) in [5, 5.41) is 3.79. The van der Waals surface area contributed by atoms with Crippen molar-refractivity contribution in [2.45, 2.75) is 13.1 Å². The van der Waals surface area contributed by atoms with Crippen molar-refractivity contribution < 1.29 is 22.4 Å². The summed E-state index contributed by atoms with van der Waals surface area (Å²) in [6.07, 6.45) is -4.35. The van der Waals surface area contributed by atoms with E-state index in [0.29, 0.717) is 17.0 Å². The molecule has 0 saturated carbocycles. The summed E-state index contributed by atoms with van der Waals surface area (Å²) in [6, 6.07) is 11.6. The molecule has 0 bridgehead atoms. The van der Waals surface area contributed by atoms with Crippen LogP contribution in [0.5, 0.6) is 0 Å². The number of carbonyl (C=O) groups excluding carboxylic acids is 1. The van der Waals surface area contributed by atoms with Crippen LogP contribution in [-0.4, -0.2) is 5.78 Å². The number of nitrogens with one attached hydrogen (secondary N) is 1. The van der Waals surface area contributed by atoms with Crippen molar-refractivity contribution in [2.24, 2.45) is 0 Å². The number of Topliss-reactive ketones (excluding diaryl/α,β-unsaturated/α-hetero) is 1. The van der Waals surface area contributed by atoms with Crippen LogP contribution in [0.4, 0.5) is 24.5 Å². The molecular weight excluding hydrogens is 307 g/mol. The number of rotatable bonds is 3. The summed E-state index contributed by atoms with van der Waals surface area (Å²) in [5.74, 6) is 0.102. The lowest BCUT2D eigenvalue weighted by molar-refractivity contribution is -0.137. The maximum Gasteiger partial charge on any atom is 0.416 e. The predicted octanol–water partition coefficient (Wildman–Crippen LogP) is 5.40. The first-order valence-corrected chi connectivity index (χ1v) is 6.82. The molecule has 0 aliphatic rings. The van der Waals surface area contributed by atoms with Gasteiger partial charge in [0.1, 0.15) is 5.58 Å². The van der Waals surface area contributed by atoms with Gasteiger partial charge < -0.3 is 9.73 Å². The second kappa shape index (κ2) is 5.46. The molecule has 0 saturated heterocycles. The van der Waals surface area contributed by atoms with E-state index in [1.54, 1.807) is 24.3 Å². The maximum atomic E-state index is 12.5. The van der Waals surface area contributed by atoms with Crippen LogP contribution in [0.25, 0.3) is 11.0 Å². The molecular formula is C17H12F3NO2. The average molecular weight is 319 g/mol. The van der Waals surface area contributed by atoms with Crippen molar-refractivity contribution in [1.29, 1.82) is 0 Å². The molecule has 3 nitrogen and oxygen atoms in total. The van der Waals surface area contributed by atoms with E-state index in [4.69, 9.17) is 4.42 Å². The Morgan fingerprint density at radius 2 is 1.65 bits per heavy atom. The van der Waals surface area contributed by atoms with Crippen LogP contribution in [0.15, 0.2) is 52.9 Å². The van der Waals surface area contributed by atoms with Crippen molar-refractivity contribution >= 4 is 28.1 Å². The number of anilines is 2. The lowest BCUT2D eigenvalue weighted by Crippen LogP contribution is -2.04. The Morgan fingerprint density at radius 1 is 1.00 bits per heavy atom. The standard InChI is InChI=1S/C17H12F3NO2/c1-10(22)15-8-11-2-5-14(9-16(11)23-15)21-13-6-3-12(4-7-13)17(18,19)20/h2-9,21H,1H3. The van der Waals surface area contributed by atoms with E-state index in [1.807, 2.05) is 0 Å². The molecule has 0 spiro atoms. The zero-order chi connectivity index (χ0) is 16.6. The fourth-order valence-corrected chi connectivity index (χ4v) is 2.19. The number of furan rings is 1. The van der Waals surface area contributed by atoms with Crippen LogP contribution in [0.1, 0.15) is 23.0 Å². The Bertz CT molecular complexity index is 864. The van der Waals surface area contributed by atoms with Gasteiger partial charge in [-0.25, -0.2) is 0 Å². The summed E-state index contributed by atoms with van der Waals surface area (Å²) >= 11 is 0. The van der Waals surface area contributed by atoms with Crippen LogP contribution in [-0.2, 0) is 6.18 Å². The topological polar surface area (TPSA) is 42.2 Å². The van der Waals surface area contributed by atoms with Crippen LogP contribution < -0.4 is 5.32 Å². The SMILES string of the molecule is CC(=O)c1cc2ccc(Nc3ccc(C(F)(F)F)cc3)cc2o1. The number of carbonyl (C=O) groups is 1. The molecule has 1 N–H and O–H groups in total. The highest BCUT2D eigenvalue weighted by atomic mass is 19.4. The van der Waals surface area contributed by atoms with Gasteiger partial charge in [-0.15, -0.1) is 0 Å². The third kappa shape index (κ3) is 3.21. The van der Waals surface area contributed by atoms with Crippen LogP contribution in [0.3, 0.4) is 0 Å². The molecule has 6 heteroatoms. The van der Waals surface area contributed by atoms with Crippen molar-refractivity contribution in [1.82, 2.24) is 0 Å². The minimum absolute atomic E-state index is 0.168. The normalized spacial score (nSPS) is 11.7. The Morgan fingerprint density at radius 3 is 2.26 bits per heavy atom. The zero-order valence-corrected chi connectivity index (χ0v) is 12.1. The molecule has 3 aromatic rings. The summed E-state index contributed by atoms with van der Waals surface area (Å²) in [5.41, 5.74) is 1.01. The molecule has 23 heavy (non-hydrogen) atoms. The number of hydrogen-bond donors (Lipinski definition) is 1. The minimum Gasteiger partial charge on any atom is -0.453 e. The monoisotopic (exact) mass is 319 g/mol. The van der Waals surface area contributed by atoms with Crippen molar-refractivity contribution in [3.05, 3.63) is 59.9 Å². The van der Waals surface area contributed by atoms with Gasteiger partial charge in [-0.3, -0.25) is 4.79 Å². The van der Waals surface area contributed by atoms with Gasteiger partial charge in [-0.2, -0.15) is 13.2 Å². The number of halogens is 3. The molecule has 0 aliphatic heterocycles. The van der Waals surface area contributed by atoms with E-state index in [-0.39, 0.29) is 11.5 Å². The fourth-order valence-electron chi connectivity index (χ4n) is 2.19. The van der Waals surface area contributed by atoms with Gasteiger partial charge >= 0.3 is 6.18 Å². The van der Waals surface area contributed by atoms with Gasteiger partial charge in [0.25, 0.3) is 0 Å². The second-order valence-electron chi connectivity index (χ2n) is 5.12. The van der Waals surface area contributed by atoms with Gasteiger partial charge in [-0.1, -0.05) is 0 Å². The number of benzene rings is 2. The molecule has 0 amide bonds. The summed E-state index contributed by atoms with van der Waals surface area (Å²) < 4.78 is 43.0. The molecule has 0 fully saturated rings. The lowest BCUT2D eigenvalue weighted by Gasteiger charge is -2.09. The van der Waals surface area contributed by atoms with E-state index in [2.05, 4.69) is 5.32 Å². The van der Waals surface area contributed by atoms with Crippen LogP contribution in [0, 0.1) is 0 Å². The first kappa shape index (κ1) is 15.1. The lowest BCUT2D eigenvalue weighted by atomic mass is 10.2. The molecule has 0 radical (unpaired) electrons. The molecule has 0 aliphatic carbocycles. The quantitative estimate of drug-likeness (QED) is 0.657. The van der Waals surface area contributed by atoms with Gasteiger partial charge in [0, 0.05) is 29.8 Å². The average Bonchev–Trinajstić information content (AvgIpc) is 2.90. The highest BCUT2D eigenvalue weighted by molar-refractivity contribution is 5.96. The maximum absolute atomic E-state index is 12.5. The first-order valence-electron chi connectivity index (χ1n) is 6.82. The van der Waals surface area contributed by atoms with Crippen molar-refractivity contribution in [3.8, 4) is 0 Å². The van der Waals surface area contributed by atoms with Crippen LogP contribution in [0.2, 0.25) is 0 Å². The molecule has 2 aromatic carbocycles. The molecule has 0 atom stereocenters. The Hall–Kier alpha value is -2.76. The summed E-state index contributed by atoms with van der Waals surface area (Å²) in [7, 11) is 0. The highest BCUT2D eigenvalue weighted by Crippen LogP contribution is 2.31. The molecule has 118 valence electrons. The Labute approximate surface area is 129 Å². The second-order valence-corrected chi connectivity index (χ2v) is 5.12. The largest absolute Gasteiger partial charge is 0.453 e. The number of fused-ring (bicyclic) bond motifs is 1. The van der Waals surface area contributed by atoms with Crippen molar-refractivity contribution in [2.75, 3.05) is 5.32 Å². The van der Waals surface area contributed by atoms with E-state index in [1.165, 1.54) is 19.1 Å². The summed E-state index contributed by atoms with van der Waals surface area (Å²) in [6.45, 7) is 1.42. The minimum atomic E-state index is -4.35. The molecule has 3 rings (SSSR count). The third-order valence-corrected chi connectivity index (χ3v) is 3.37. The van der Waals surface area contributed by atoms with Gasteiger partial charge in [0.2, 0.25) is 0 Å². The summed E-state index contributed by atoms with van der Waals surface area (Å²) in [4.78, 5) is 11.3. The molecule has 1 heterocycles. The first-order chi connectivity index (χ1) is 10.8. The van der Waals surface area contributed by atoms with E-state index < -0.39 is 11.7 Å². The van der Waals surface area contributed by atoms with E-state index >= 15 is 0 Å². The number of hydrogen-bond acceptors (Lipinski definition) is 3. The zero-order valence-electron chi connectivity index (χ0n) is 12.1. The van der Waals surface area contributed by atoms with Gasteiger partial charge in [-0.05, 0) is 42.5 Å². The van der Waals surface area contributed by atoms with E-state index in [0.717, 1.165) is 17.5 Å². The smallest absolute Gasteiger partial charge is 0.416 e. The fraction of sp³-hybridized carbons (Fsp3) is 0.118. The third-order valence-electron chi connectivity index (χ3n) is 3.37. The Kier molecular flexibility index (Phi) is 3.60. The molecule has 0 unspecified atom stereocenters. The predicted molar refractivity (Wildman–Crippen MR) is 80.9 cm³/mol. The highest BCUT2D eigenvalue weighted by Gasteiger charge is 2.29. The van der Waals surface area contributed by atoms with Crippen LogP contribution >= 0.6 is 0 Å². The number of alkyl halides is 3. The van der Waals surface area contributed by atoms with E-state index in [9.17, 15) is 18.0 Å².